The van der Waals surface area contributed by atoms with E-state index < -0.39 is 0 Å². The molecule has 0 atom stereocenters. The van der Waals surface area contributed by atoms with Crippen molar-refractivity contribution in [3.63, 3.8) is 0 Å². The van der Waals surface area contributed by atoms with Crippen molar-refractivity contribution in [1.29, 1.82) is 5.26 Å². The van der Waals surface area contributed by atoms with Gasteiger partial charge in [-0.1, -0.05) is 158 Å². The molecule has 4 heteroatoms. The molecule has 0 saturated carbocycles. The van der Waals surface area contributed by atoms with Crippen LogP contribution in [0.15, 0.2) is 182 Å². The van der Waals surface area contributed by atoms with Gasteiger partial charge in [0.2, 0.25) is 0 Å². The van der Waals surface area contributed by atoms with Crippen LogP contribution in [0, 0.1) is 11.3 Å². The van der Waals surface area contributed by atoms with Crippen LogP contribution < -0.4 is 0 Å². The maximum atomic E-state index is 9.30. The SMILES string of the molecule is N#Cc1ccc(-c2cccc(-c3nc(-c4ccccc4)nc(-c4ccc5c(-c6ccccc6)c(-c6ccccc6)c6ccccc6c5c4)n3)c2)cc1. The summed E-state index contributed by atoms with van der Waals surface area (Å²) in [6.45, 7) is 0. The van der Waals surface area contributed by atoms with Gasteiger partial charge in [-0.25, -0.2) is 15.0 Å². The molecule has 0 N–H and O–H groups in total. The molecule has 1 heterocycles. The molecule has 0 saturated heterocycles. The summed E-state index contributed by atoms with van der Waals surface area (Å²) in [7, 11) is 0. The van der Waals surface area contributed by atoms with Crippen LogP contribution in [0.3, 0.4) is 0 Å². The first-order valence-corrected chi connectivity index (χ1v) is 17.3. The van der Waals surface area contributed by atoms with E-state index in [2.05, 4.69) is 121 Å². The highest BCUT2D eigenvalue weighted by molar-refractivity contribution is 6.22. The van der Waals surface area contributed by atoms with E-state index in [0.29, 0.717) is 23.0 Å². The minimum atomic E-state index is 0.591. The second-order valence-corrected chi connectivity index (χ2v) is 12.7. The Hall–Kier alpha value is -7.22. The number of hydrogen-bond donors (Lipinski definition) is 0. The number of rotatable bonds is 6. The van der Waals surface area contributed by atoms with Gasteiger partial charge < -0.3 is 0 Å². The number of aromatic nitrogens is 3. The van der Waals surface area contributed by atoms with Crippen molar-refractivity contribution >= 4 is 21.5 Å². The Morgan fingerprint density at radius 3 is 1.35 bits per heavy atom. The Morgan fingerprint density at radius 1 is 0.308 bits per heavy atom. The van der Waals surface area contributed by atoms with E-state index in [-0.39, 0.29) is 0 Å². The van der Waals surface area contributed by atoms with Crippen molar-refractivity contribution in [2.24, 2.45) is 0 Å². The number of fused-ring (bicyclic) bond motifs is 3. The van der Waals surface area contributed by atoms with Crippen molar-refractivity contribution in [3.8, 4) is 73.6 Å². The Labute approximate surface area is 302 Å². The van der Waals surface area contributed by atoms with Crippen LogP contribution in [-0.2, 0) is 0 Å². The lowest BCUT2D eigenvalue weighted by Gasteiger charge is -2.19. The van der Waals surface area contributed by atoms with E-state index in [1.54, 1.807) is 0 Å². The fourth-order valence-corrected chi connectivity index (χ4v) is 7.06. The van der Waals surface area contributed by atoms with Gasteiger partial charge in [0, 0.05) is 16.7 Å². The van der Waals surface area contributed by atoms with Crippen LogP contribution in [-0.4, -0.2) is 15.0 Å². The molecule has 0 radical (unpaired) electrons. The number of nitriles is 1. The molecule has 0 fully saturated rings. The molecular formula is C48H30N4. The first-order valence-electron chi connectivity index (χ1n) is 17.3. The van der Waals surface area contributed by atoms with Crippen LogP contribution in [0.5, 0.6) is 0 Å². The molecule has 0 aliphatic rings. The summed E-state index contributed by atoms with van der Waals surface area (Å²) in [5.74, 6) is 1.81. The zero-order chi connectivity index (χ0) is 34.9. The van der Waals surface area contributed by atoms with Crippen LogP contribution in [0.1, 0.15) is 5.56 Å². The summed E-state index contributed by atoms with van der Waals surface area (Å²) >= 11 is 0. The Bertz CT molecular complexity index is 2770. The van der Waals surface area contributed by atoms with Crippen molar-refractivity contribution in [3.05, 3.63) is 188 Å². The maximum Gasteiger partial charge on any atom is 0.164 e. The molecule has 8 aromatic carbocycles. The van der Waals surface area contributed by atoms with E-state index in [1.165, 1.54) is 38.4 Å². The molecule has 0 aliphatic carbocycles. The zero-order valence-electron chi connectivity index (χ0n) is 28.1. The van der Waals surface area contributed by atoms with Gasteiger partial charge in [0.05, 0.1) is 11.6 Å². The first kappa shape index (κ1) is 30.8. The van der Waals surface area contributed by atoms with E-state index >= 15 is 0 Å². The summed E-state index contributed by atoms with van der Waals surface area (Å²) < 4.78 is 0. The highest BCUT2D eigenvalue weighted by Crippen LogP contribution is 2.45. The molecule has 52 heavy (non-hydrogen) atoms. The fourth-order valence-electron chi connectivity index (χ4n) is 7.06. The Morgan fingerprint density at radius 2 is 0.750 bits per heavy atom. The van der Waals surface area contributed by atoms with Crippen LogP contribution >= 0.6 is 0 Å². The standard InChI is InChI=1S/C48H30N4/c49-31-32-23-25-33(26-24-32)37-19-12-20-38(29-37)47-50-46(36-17-8-3-9-18-36)51-48(52-47)39-27-28-42-43(30-39)40-21-10-11-22-41(40)44(34-13-4-1-5-14-34)45(42)35-15-6-2-7-16-35/h1-30H. The summed E-state index contributed by atoms with van der Waals surface area (Å²) in [6, 6.07) is 64.7. The Balaban J connectivity index is 1.27. The second-order valence-electron chi connectivity index (χ2n) is 12.7. The van der Waals surface area contributed by atoms with Crippen molar-refractivity contribution < 1.29 is 0 Å². The van der Waals surface area contributed by atoms with Crippen molar-refractivity contribution in [2.45, 2.75) is 0 Å². The lowest BCUT2D eigenvalue weighted by Crippen LogP contribution is -2.00. The van der Waals surface area contributed by atoms with E-state index in [9.17, 15) is 5.26 Å². The van der Waals surface area contributed by atoms with Gasteiger partial charge in [0.15, 0.2) is 17.5 Å². The zero-order valence-corrected chi connectivity index (χ0v) is 28.1. The third-order valence-electron chi connectivity index (χ3n) is 9.54. The minimum absolute atomic E-state index is 0.591. The lowest BCUT2D eigenvalue weighted by molar-refractivity contribution is 1.07. The average Bonchev–Trinajstić information content (AvgIpc) is 3.24. The molecule has 0 amide bonds. The maximum absolute atomic E-state index is 9.30. The quantitative estimate of drug-likeness (QED) is 0.166. The molecule has 1 aromatic heterocycles. The molecule has 0 spiro atoms. The van der Waals surface area contributed by atoms with Crippen LogP contribution in [0.4, 0.5) is 0 Å². The van der Waals surface area contributed by atoms with E-state index in [4.69, 9.17) is 15.0 Å². The summed E-state index contributed by atoms with van der Waals surface area (Å²) in [4.78, 5) is 15.2. The predicted molar refractivity (Wildman–Crippen MR) is 212 cm³/mol. The molecule has 242 valence electrons. The second kappa shape index (κ2) is 13.2. The molecule has 0 unspecified atom stereocenters. The third kappa shape index (κ3) is 5.67. The summed E-state index contributed by atoms with van der Waals surface area (Å²) in [6.07, 6.45) is 0. The highest BCUT2D eigenvalue weighted by atomic mass is 15.0. The topological polar surface area (TPSA) is 62.5 Å². The largest absolute Gasteiger partial charge is 0.208 e. The van der Waals surface area contributed by atoms with Gasteiger partial charge in [-0.2, -0.15) is 5.26 Å². The van der Waals surface area contributed by atoms with Crippen LogP contribution in [0.2, 0.25) is 0 Å². The Kier molecular flexibility index (Phi) is 7.85. The lowest BCUT2D eigenvalue weighted by atomic mass is 9.84. The van der Waals surface area contributed by atoms with Crippen molar-refractivity contribution in [1.82, 2.24) is 15.0 Å². The third-order valence-corrected chi connectivity index (χ3v) is 9.54. The normalized spacial score (nSPS) is 11.1. The summed E-state index contributed by atoms with van der Waals surface area (Å²) in [5, 5.41) is 14.0. The van der Waals surface area contributed by atoms with Gasteiger partial charge in [0.1, 0.15) is 0 Å². The fraction of sp³-hybridized carbons (Fsp3) is 0. The number of hydrogen-bond acceptors (Lipinski definition) is 4. The highest BCUT2D eigenvalue weighted by Gasteiger charge is 2.19. The minimum Gasteiger partial charge on any atom is -0.208 e. The van der Waals surface area contributed by atoms with Gasteiger partial charge in [-0.05, 0) is 79.2 Å². The smallest absolute Gasteiger partial charge is 0.164 e. The van der Waals surface area contributed by atoms with E-state index in [0.717, 1.165) is 33.2 Å². The molecular weight excluding hydrogens is 633 g/mol. The average molecular weight is 663 g/mol. The van der Waals surface area contributed by atoms with E-state index in [1.807, 2.05) is 66.7 Å². The van der Waals surface area contributed by atoms with Gasteiger partial charge in [-0.3, -0.25) is 0 Å². The monoisotopic (exact) mass is 662 g/mol. The number of nitrogens with zero attached hydrogens (tertiary/aromatic N) is 4. The molecule has 9 rings (SSSR count). The van der Waals surface area contributed by atoms with Gasteiger partial charge >= 0.3 is 0 Å². The predicted octanol–water partition coefficient (Wildman–Crippen LogP) is 12.1. The van der Waals surface area contributed by atoms with Gasteiger partial charge in [0.25, 0.3) is 0 Å². The molecule has 0 aliphatic heterocycles. The molecule has 0 bridgehead atoms. The van der Waals surface area contributed by atoms with Crippen LogP contribution in [0.25, 0.3) is 89.1 Å². The number of benzene rings is 8. The summed E-state index contributed by atoms with van der Waals surface area (Å²) in [5.41, 5.74) is 10.1. The molecule has 9 aromatic rings. The van der Waals surface area contributed by atoms with Crippen molar-refractivity contribution in [2.75, 3.05) is 0 Å². The van der Waals surface area contributed by atoms with Gasteiger partial charge in [-0.15, -0.1) is 0 Å². The first-order chi connectivity index (χ1) is 25.7. The molecule has 4 nitrogen and oxygen atoms in total.